The Morgan fingerprint density at radius 1 is 1.06 bits per heavy atom. The van der Waals surface area contributed by atoms with Crippen molar-refractivity contribution in [1.82, 2.24) is 9.80 Å². The second kappa shape index (κ2) is 11.0. The fourth-order valence-electron chi connectivity index (χ4n) is 4.93. The number of rotatable bonds is 8. The maximum absolute atomic E-state index is 13.6. The van der Waals surface area contributed by atoms with Crippen molar-refractivity contribution in [1.29, 1.82) is 0 Å². The van der Waals surface area contributed by atoms with Gasteiger partial charge in [-0.1, -0.05) is 12.1 Å². The van der Waals surface area contributed by atoms with Gasteiger partial charge in [-0.3, -0.25) is 14.6 Å². The Labute approximate surface area is 208 Å². The van der Waals surface area contributed by atoms with E-state index < -0.39 is 0 Å². The summed E-state index contributed by atoms with van der Waals surface area (Å²) < 4.78 is 5.78. The first kappa shape index (κ1) is 24.9. The summed E-state index contributed by atoms with van der Waals surface area (Å²) in [5.74, 6) is 1.01. The van der Waals surface area contributed by atoms with E-state index in [-0.39, 0.29) is 11.8 Å². The molecule has 2 aromatic rings. The largest absolute Gasteiger partial charge is 0.494 e. The molecule has 1 fully saturated rings. The Hall–Kier alpha value is -3.19. The normalized spacial score (nSPS) is 16.0. The van der Waals surface area contributed by atoms with E-state index in [0.29, 0.717) is 44.8 Å². The highest BCUT2D eigenvalue weighted by Gasteiger charge is 2.27. The molecule has 0 aromatic heterocycles. The van der Waals surface area contributed by atoms with E-state index in [1.165, 1.54) is 0 Å². The molecule has 2 N–H and O–H groups in total. The predicted octanol–water partition coefficient (Wildman–Crippen LogP) is 3.62. The fourth-order valence-corrected chi connectivity index (χ4v) is 4.93. The second-order valence-corrected chi connectivity index (χ2v) is 9.51. The highest BCUT2D eigenvalue weighted by atomic mass is 16.5. The average Bonchev–Trinajstić information content (AvgIpc) is 3.27. The third kappa shape index (κ3) is 5.56. The lowest BCUT2D eigenvalue weighted by molar-refractivity contribution is -0.132. The number of fused-ring (bicyclic) bond motifs is 1. The maximum atomic E-state index is 13.6. The van der Waals surface area contributed by atoms with E-state index in [0.717, 1.165) is 65.1 Å². The molecule has 7 nitrogen and oxygen atoms in total. The molecule has 2 aliphatic rings. The van der Waals surface area contributed by atoms with E-state index in [1.54, 1.807) is 7.05 Å². The van der Waals surface area contributed by atoms with Crippen LogP contribution in [0.1, 0.15) is 63.9 Å². The van der Waals surface area contributed by atoms with Gasteiger partial charge in [0.25, 0.3) is 5.91 Å². The van der Waals surface area contributed by atoms with Crippen molar-refractivity contribution >= 4 is 17.5 Å². The molecule has 7 heteroatoms. The number of carbonyl (C=O) groups is 2. The summed E-state index contributed by atoms with van der Waals surface area (Å²) in [5, 5.41) is 0. The minimum atomic E-state index is 0.00931. The van der Waals surface area contributed by atoms with Crippen molar-refractivity contribution in [3.63, 3.8) is 0 Å². The third-order valence-corrected chi connectivity index (χ3v) is 6.95. The van der Waals surface area contributed by atoms with Crippen LogP contribution in [0.2, 0.25) is 0 Å². The highest BCUT2D eigenvalue weighted by molar-refractivity contribution is 6.07. The van der Waals surface area contributed by atoms with E-state index in [2.05, 4.69) is 11.1 Å². The molecule has 0 unspecified atom stereocenters. The Balaban J connectivity index is 1.53. The lowest BCUT2D eigenvalue weighted by Crippen LogP contribution is -2.39. The molecular weight excluding hydrogens is 440 g/mol. The number of hydrogen-bond donors (Lipinski definition) is 1. The molecule has 2 aromatic carbocycles. The van der Waals surface area contributed by atoms with E-state index in [1.807, 2.05) is 47.9 Å². The van der Waals surface area contributed by atoms with Gasteiger partial charge in [-0.05, 0) is 80.1 Å². The number of piperidine rings is 1. The summed E-state index contributed by atoms with van der Waals surface area (Å²) in [4.78, 5) is 34.3. The summed E-state index contributed by atoms with van der Waals surface area (Å²) in [6.45, 7) is 7.59. The smallest absolute Gasteiger partial charge is 0.254 e. The van der Waals surface area contributed by atoms with Gasteiger partial charge in [0.2, 0.25) is 5.91 Å². The summed E-state index contributed by atoms with van der Waals surface area (Å²) in [6, 6.07) is 10.1. The quantitative estimate of drug-likeness (QED) is 0.466. The number of benzene rings is 2. The number of nitrogens with two attached hydrogens (primary N) is 1. The van der Waals surface area contributed by atoms with Crippen LogP contribution in [-0.4, -0.2) is 60.6 Å². The Bertz CT molecular complexity index is 1140. The molecule has 0 bridgehead atoms. The van der Waals surface area contributed by atoms with Crippen LogP contribution in [0, 0.1) is 13.8 Å². The Morgan fingerprint density at radius 3 is 2.57 bits per heavy atom. The van der Waals surface area contributed by atoms with Crippen molar-refractivity contribution in [2.75, 3.05) is 33.3 Å². The van der Waals surface area contributed by atoms with Gasteiger partial charge in [0.1, 0.15) is 5.75 Å². The van der Waals surface area contributed by atoms with Crippen molar-refractivity contribution in [2.24, 2.45) is 10.7 Å². The highest BCUT2D eigenvalue weighted by Crippen LogP contribution is 2.29. The zero-order valence-corrected chi connectivity index (χ0v) is 21.1. The number of likely N-dealkylation sites (tertiary alicyclic amines) is 1. The van der Waals surface area contributed by atoms with Crippen LogP contribution in [0.15, 0.2) is 35.3 Å². The maximum Gasteiger partial charge on any atom is 0.254 e. The Kier molecular flexibility index (Phi) is 7.86. The molecule has 2 heterocycles. The van der Waals surface area contributed by atoms with Crippen LogP contribution in [-0.2, 0) is 17.9 Å². The van der Waals surface area contributed by atoms with Gasteiger partial charge >= 0.3 is 0 Å². The molecule has 0 spiro atoms. The number of hydrogen-bond acceptors (Lipinski definition) is 5. The number of aliphatic imine (C=N–C) groups is 1. The number of carbonyl (C=O) groups excluding carboxylic acids is 2. The third-order valence-electron chi connectivity index (χ3n) is 6.95. The van der Waals surface area contributed by atoms with E-state index >= 15 is 0 Å². The van der Waals surface area contributed by atoms with Gasteiger partial charge in [-0.15, -0.1) is 0 Å². The van der Waals surface area contributed by atoms with Gasteiger partial charge < -0.3 is 20.3 Å². The molecule has 186 valence electrons. The first-order chi connectivity index (χ1) is 16.9. The molecule has 0 radical (unpaired) electrons. The lowest BCUT2D eigenvalue weighted by atomic mass is 9.95. The molecule has 0 saturated carbocycles. The predicted molar refractivity (Wildman–Crippen MR) is 138 cm³/mol. The van der Waals surface area contributed by atoms with Crippen molar-refractivity contribution in [2.45, 2.75) is 52.6 Å². The first-order valence-electron chi connectivity index (χ1n) is 12.5. The number of nitrogens with zero attached hydrogens (tertiary/aromatic N) is 3. The van der Waals surface area contributed by atoms with E-state index in [9.17, 15) is 9.59 Å². The number of amides is 2. The zero-order chi connectivity index (χ0) is 24.9. The summed E-state index contributed by atoms with van der Waals surface area (Å²) >= 11 is 0. The molecule has 2 aliphatic heterocycles. The SMILES string of the molecule is CN=C(CN1CCCCC1=O)c1cc(C(=O)N2Cc3ccc(OCCCN)cc3C2)c(C)cc1C. The van der Waals surface area contributed by atoms with Crippen LogP contribution >= 0.6 is 0 Å². The van der Waals surface area contributed by atoms with Gasteiger partial charge in [0.05, 0.1) is 18.9 Å². The Morgan fingerprint density at radius 2 is 1.83 bits per heavy atom. The summed E-state index contributed by atoms with van der Waals surface area (Å²) in [7, 11) is 1.76. The topological polar surface area (TPSA) is 88.2 Å². The monoisotopic (exact) mass is 476 g/mol. The number of ether oxygens (including phenoxy) is 1. The summed E-state index contributed by atoms with van der Waals surface area (Å²) in [5.41, 5.74) is 12.3. The average molecular weight is 477 g/mol. The van der Waals surface area contributed by atoms with E-state index in [4.69, 9.17) is 10.5 Å². The lowest BCUT2D eigenvalue weighted by Gasteiger charge is -2.28. The molecular formula is C28H36N4O3. The van der Waals surface area contributed by atoms with Crippen molar-refractivity contribution < 1.29 is 14.3 Å². The summed E-state index contributed by atoms with van der Waals surface area (Å²) in [6.07, 6.45) is 3.39. The molecule has 0 aliphatic carbocycles. The van der Waals surface area contributed by atoms with Crippen molar-refractivity contribution in [3.8, 4) is 5.75 Å². The van der Waals surface area contributed by atoms with Crippen LogP contribution in [0.3, 0.4) is 0 Å². The first-order valence-corrected chi connectivity index (χ1v) is 12.5. The van der Waals surface area contributed by atoms with Crippen LogP contribution in [0.4, 0.5) is 0 Å². The minimum absolute atomic E-state index is 0.00931. The molecule has 1 saturated heterocycles. The van der Waals surface area contributed by atoms with Gasteiger partial charge in [0.15, 0.2) is 0 Å². The molecule has 4 rings (SSSR count). The number of aryl methyl sites for hydroxylation is 2. The van der Waals surface area contributed by atoms with Crippen LogP contribution in [0.5, 0.6) is 5.75 Å². The molecule has 0 atom stereocenters. The second-order valence-electron chi connectivity index (χ2n) is 9.51. The van der Waals surface area contributed by atoms with Gasteiger partial charge in [-0.2, -0.15) is 0 Å². The van der Waals surface area contributed by atoms with Crippen LogP contribution < -0.4 is 10.5 Å². The minimum Gasteiger partial charge on any atom is -0.494 e. The molecule has 2 amide bonds. The zero-order valence-electron chi connectivity index (χ0n) is 21.1. The van der Waals surface area contributed by atoms with Gasteiger partial charge in [0, 0.05) is 44.2 Å². The standard InChI is InChI=1S/C28H36N4O3/c1-19-13-20(2)25(15-24(19)26(30-3)18-31-11-5-4-7-27(31)33)28(34)32-16-21-8-9-23(14-22(21)17-32)35-12-6-10-29/h8-9,13-15H,4-7,10-12,16-18,29H2,1-3H3. The van der Waals surface area contributed by atoms with Gasteiger partial charge in [-0.25, -0.2) is 0 Å². The van der Waals surface area contributed by atoms with Crippen LogP contribution in [0.25, 0.3) is 0 Å². The fraction of sp³-hybridized carbons (Fsp3) is 0.464. The van der Waals surface area contributed by atoms with Crippen molar-refractivity contribution in [3.05, 3.63) is 63.7 Å². The molecule has 35 heavy (non-hydrogen) atoms.